The fourth-order valence-corrected chi connectivity index (χ4v) is 4.37. The first-order valence-corrected chi connectivity index (χ1v) is 11.9. The van der Waals surface area contributed by atoms with Crippen molar-refractivity contribution in [1.29, 1.82) is 0 Å². The Hall–Kier alpha value is -4.92. The number of para-hydroxylation sites is 1. The average molecular weight is 492 g/mol. The highest BCUT2D eigenvalue weighted by molar-refractivity contribution is 5.96. The van der Waals surface area contributed by atoms with Gasteiger partial charge in [-0.3, -0.25) is 14.9 Å². The molecule has 37 heavy (non-hydrogen) atoms. The summed E-state index contributed by atoms with van der Waals surface area (Å²) in [5.41, 5.74) is 6.57. The Balaban J connectivity index is 1.41. The second kappa shape index (κ2) is 9.27. The van der Waals surface area contributed by atoms with Crippen molar-refractivity contribution in [3.8, 4) is 33.9 Å². The fourth-order valence-electron chi connectivity index (χ4n) is 4.37. The number of H-pyrrole nitrogens is 2. The number of carbonyl (C=O) groups is 1. The average Bonchev–Trinajstić information content (AvgIpc) is 3.53. The lowest BCUT2D eigenvalue weighted by atomic mass is 10.0. The second-order valence-corrected chi connectivity index (χ2v) is 8.69. The second-order valence-electron chi connectivity index (χ2n) is 8.69. The maximum atomic E-state index is 14.5. The molecule has 4 aromatic heterocycles. The summed E-state index contributed by atoms with van der Waals surface area (Å²) in [5, 5.41) is 10.3. The summed E-state index contributed by atoms with van der Waals surface area (Å²) in [6.45, 7) is 1.96. The van der Waals surface area contributed by atoms with E-state index in [9.17, 15) is 9.18 Å². The van der Waals surface area contributed by atoms with Gasteiger partial charge in [0, 0.05) is 29.3 Å². The molecule has 4 heterocycles. The third-order valence-electron chi connectivity index (χ3n) is 6.10. The largest absolute Gasteiger partial charge is 0.336 e. The van der Waals surface area contributed by atoms with E-state index in [1.54, 1.807) is 30.6 Å². The van der Waals surface area contributed by atoms with Crippen LogP contribution >= 0.6 is 0 Å². The monoisotopic (exact) mass is 491 g/mol. The molecule has 6 aromatic rings. The van der Waals surface area contributed by atoms with E-state index in [4.69, 9.17) is 9.97 Å². The number of carbonyl (C=O) groups excluding carboxylic acids is 1. The van der Waals surface area contributed by atoms with Crippen molar-refractivity contribution in [2.75, 3.05) is 5.32 Å². The first-order chi connectivity index (χ1) is 18.1. The summed E-state index contributed by atoms with van der Waals surface area (Å²) in [4.78, 5) is 29.2. The Morgan fingerprint density at radius 3 is 2.68 bits per heavy atom. The highest BCUT2D eigenvalue weighted by atomic mass is 19.1. The Morgan fingerprint density at radius 2 is 1.81 bits per heavy atom. The van der Waals surface area contributed by atoms with Gasteiger partial charge in [-0.2, -0.15) is 5.10 Å². The third kappa shape index (κ3) is 4.20. The van der Waals surface area contributed by atoms with Crippen molar-refractivity contribution in [2.24, 2.45) is 0 Å². The number of hydrogen-bond acceptors (Lipinski definition) is 5. The van der Waals surface area contributed by atoms with Crippen LogP contribution in [0.1, 0.15) is 19.8 Å². The molecular weight excluding hydrogens is 469 g/mol. The maximum absolute atomic E-state index is 14.5. The van der Waals surface area contributed by atoms with Crippen LogP contribution in [0.4, 0.5) is 10.1 Å². The molecule has 1 amide bonds. The minimum Gasteiger partial charge on any atom is -0.336 e. The molecule has 9 heteroatoms. The molecule has 182 valence electrons. The molecule has 0 bridgehead atoms. The smallest absolute Gasteiger partial charge is 0.224 e. The van der Waals surface area contributed by atoms with Crippen molar-refractivity contribution in [3.05, 3.63) is 78.9 Å². The van der Waals surface area contributed by atoms with Crippen molar-refractivity contribution in [1.82, 2.24) is 30.1 Å². The van der Waals surface area contributed by atoms with Crippen molar-refractivity contribution in [2.45, 2.75) is 19.8 Å². The molecular formula is C28H22FN7O. The molecule has 0 unspecified atom stereocenters. The van der Waals surface area contributed by atoms with Crippen molar-refractivity contribution >= 4 is 33.7 Å². The minimum atomic E-state index is -0.308. The molecule has 0 aliphatic rings. The van der Waals surface area contributed by atoms with Crippen LogP contribution in [0.25, 0.3) is 56.0 Å². The number of nitrogens with one attached hydrogen (secondary N) is 3. The van der Waals surface area contributed by atoms with Gasteiger partial charge in [0.1, 0.15) is 11.3 Å². The van der Waals surface area contributed by atoms with E-state index in [2.05, 4.69) is 25.5 Å². The first kappa shape index (κ1) is 22.5. The van der Waals surface area contributed by atoms with Gasteiger partial charge in [0.15, 0.2) is 11.5 Å². The zero-order valence-electron chi connectivity index (χ0n) is 19.9. The number of rotatable bonds is 6. The van der Waals surface area contributed by atoms with Crippen LogP contribution in [0.5, 0.6) is 0 Å². The van der Waals surface area contributed by atoms with Gasteiger partial charge in [0.05, 0.1) is 34.1 Å². The number of halogens is 1. The molecule has 0 spiro atoms. The number of anilines is 1. The SMILES string of the molecule is CCCC(=O)Nc1cncc(-c2ccc3[nH]nc(-c4nc5c(-c6ccccc6F)cccc5[nH]4)c3n2)c1. The van der Waals surface area contributed by atoms with E-state index in [1.165, 1.54) is 6.07 Å². The van der Waals surface area contributed by atoms with Gasteiger partial charge in [0.25, 0.3) is 0 Å². The Bertz CT molecular complexity index is 1770. The number of fused-ring (bicyclic) bond motifs is 2. The quantitative estimate of drug-likeness (QED) is 0.260. The van der Waals surface area contributed by atoms with Crippen LogP contribution in [0.2, 0.25) is 0 Å². The Morgan fingerprint density at radius 1 is 0.946 bits per heavy atom. The molecule has 0 atom stereocenters. The molecule has 0 fully saturated rings. The normalized spacial score (nSPS) is 11.3. The molecule has 0 aliphatic carbocycles. The number of aromatic amines is 2. The first-order valence-electron chi connectivity index (χ1n) is 11.9. The van der Waals surface area contributed by atoms with Gasteiger partial charge in [-0.25, -0.2) is 14.4 Å². The van der Waals surface area contributed by atoms with E-state index in [1.807, 2.05) is 43.3 Å². The molecule has 2 aromatic carbocycles. The highest BCUT2D eigenvalue weighted by Crippen LogP contribution is 2.33. The van der Waals surface area contributed by atoms with Crippen LogP contribution in [0.15, 0.2) is 73.1 Å². The van der Waals surface area contributed by atoms with Gasteiger partial charge in [-0.05, 0) is 36.8 Å². The standard InChI is InChI=1S/C28H22FN7O/c1-2-6-24(37)31-17-13-16(14-30-15-17)21-11-12-23-26(32-21)27(36-35-23)28-33-22-10-5-8-19(25(22)34-28)18-7-3-4-9-20(18)29/h3-5,7-15H,2,6H2,1H3,(H,31,37)(H,33,34)(H,35,36). The lowest BCUT2D eigenvalue weighted by Crippen LogP contribution is -2.10. The van der Waals surface area contributed by atoms with E-state index in [0.717, 1.165) is 23.0 Å². The van der Waals surface area contributed by atoms with Gasteiger partial charge in [-0.15, -0.1) is 0 Å². The van der Waals surface area contributed by atoms with Gasteiger partial charge in [0.2, 0.25) is 5.91 Å². The summed E-state index contributed by atoms with van der Waals surface area (Å²) in [6, 6.07) is 17.9. The summed E-state index contributed by atoms with van der Waals surface area (Å²) >= 11 is 0. The number of benzene rings is 2. The Kier molecular flexibility index (Phi) is 5.65. The molecule has 3 N–H and O–H groups in total. The lowest BCUT2D eigenvalue weighted by Gasteiger charge is -2.06. The third-order valence-corrected chi connectivity index (χ3v) is 6.10. The van der Waals surface area contributed by atoms with Gasteiger partial charge < -0.3 is 10.3 Å². The van der Waals surface area contributed by atoms with Crippen LogP contribution in [-0.4, -0.2) is 36.0 Å². The topological polar surface area (TPSA) is 112 Å². The summed E-state index contributed by atoms with van der Waals surface area (Å²) in [5.74, 6) is 0.160. The molecule has 6 rings (SSSR count). The van der Waals surface area contributed by atoms with Crippen molar-refractivity contribution < 1.29 is 9.18 Å². The zero-order chi connectivity index (χ0) is 25.4. The fraction of sp³-hybridized carbons (Fsp3) is 0.107. The number of pyridine rings is 2. The van der Waals surface area contributed by atoms with Crippen LogP contribution < -0.4 is 5.32 Å². The number of aromatic nitrogens is 6. The summed E-state index contributed by atoms with van der Waals surface area (Å²) in [6.07, 6.45) is 4.53. The van der Waals surface area contributed by atoms with Crippen LogP contribution in [-0.2, 0) is 4.79 Å². The van der Waals surface area contributed by atoms with Gasteiger partial charge in [-0.1, -0.05) is 37.3 Å². The predicted octanol–water partition coefficient (Wildman–Crippen LogP) is 6.11. The molecule has 8 nitrogen and oxygen atoms in total. The maximum Gasteiger partial charge on any atom is 0.224 e. The van der Waals surface area contributed by atoms with E-state index in [-0.39, 0.29) is 11.7 Å². The van der Waals surface area contributed by atoms with E-state index in [0.29, 0.717) is 51.5 Å². The number of amides is 1. The molecule has 0 radical (unpaired) electrons. The Labute approximate surface area is 211 Å². The number of hydrogen-bond donors (Lipinski definition) is 3. The van der Waals surface area contributed by atoms with Crippen LogP contribution in [0, 0.1) is 5.82 Å². The number of nitrogens with zero attached hydrogens (tertiary/aromatic N) is 4. The van der Waals surface area contributed by atoms with Crippen molar-refractivity contribution in [3.63, 3.8) is 0 Å². The zero-order valence-corrected chi connectivity index (χ0v) is 19.9. The van der Waals surface area contributed by atoms with E-state index < -0.39 is 0 Å². The minimum absolute atomic E-state index is 0.0541. The van der Waals surface area contributed by atoms with Gasteiger partial charge >= 0.3 is 0 Å². The molecule has 0 aliphatic heterocycles. The van der Waals surface area contributed by atoms with Crippen LogP contribution in [0.3, 0.4) is 0 Å². The highest BCUT2D eigenvalue weighted by Gasteiger charge is 2.18. The summed E-state index contributed by atoms with van der Waals surface area (Å²) in [7, 11) is 0. The predicted molar refractivity (Wildman–Crippen MR) is 141 cm³/mol. The summed E-state index contributed by atoms with van der Waals surface area (Å²) < 4.78 is 14.5. The number of imidazole rings is 1. The molecule has 0 saturated heterocycles. The van der Waals surface area contributed by atoms with E-state index >= 15 is 0 Å². The lowest BCUT2D eigenvalue weighted by molar-refractivity contribution is -0.116. The molecule has 0 saturated carbocycles.